The van der Waals surface area contributed by atoms with Crippen molar-refractivity contribution in [1.29, 1.82) is 0 Å². The van der Waals surface area contributed by atoms with E-state index in [4.69, 9.17) is 0 Å². The van der Waals surface area contributed by atoms with E-state index in [0.29, 0.717) is 16.7 Å². The van der Waals surface area contributed by atoms with Gasteiger partial charge in [0.05, 0.1) is 0 Å². The molecule has 0 saturated heterocycles. The van der Waals surface area contributed by atoms with Crippen molar-refractivity contribution in [2.24, 2.45) is 0 Å². The molecular formula is C11H11FO. The summed E-state index contributed by atoms with van der Waals surface area (Å²) in [6, 6.07) is 4.11. The molecule has 1 aromatic carbocycles. The number of carbonyl (C=O) groups is 1. The molecule has 0 radical (unpaired) electrons. The highest BCUT2D eigenvalue weighted by molar-refractivity contribution is 6.08. The molecule has 1 aromatic rings. The van der Waals surface area contributed by atoms with Crippen LogP contribution in [0.5, 0.6) is 0 Å². The third kappa shape index (κ3) is 2.02. The van der Waals surface area contributed by atoms with Gasteiger partial charge < -0.3 is 0 Å². The molecular weight excluding hydrogens is 167 g/mol. The van der Waals surface area contributed by atoms with Crippen LogP contribution in [-0.2, 0) is 0 Å². The number of allylic oxidation sites excluding steroid dienone is 1. The number of benzene rings is 1. The Morgan fingerprint density at radius 2 is 2.08 bits per heavy atom. The lowest BCUT2D eigenvalue weighted by molar-refractivity contribution is 0.103. The molecule has 0 unspecified atom stereocenters. The van der Waals surface area contributed by atoms with Crippen molar-refractivity contribution in [3.05, 3.63) is 47.3 Å². The lowest BCUT2D eigenvalue weighted by Crippen LogP contribution is -2.02. The number of rotatable bonds is 2. The lowest BCUT2D eigenvalue weighted by Gasteiger charge is -2.03. The molecule has 0 N–H and O–H groups in total. The zero-order valence-electron chi connectivity index (χ0n) is 7.73. The fourth-order valence-corrected chi connectivity index (χ4v) is 1.11. The van der Waals surface area contributed by atoms with Gasteiger partial charge in [0.1, 0.15) is 5.82 Å². The summed E-state index contributed by atoms with van der Waals surface area (Å²) in [7, 11) is 0. The van der Waals surface area contributed by atoms with Crippen LogP contribution >= 0.6 is 0 Å². The number of aryl methyl sites for hydroxylation is 1. The minimum atomic E-state index is -0.323. The Kier molecular flexibility index (Phi) is 2.61. The molecule has 1 rings (SSSR count). The third-order valence-corrected chi connectivity index (χ3v) is 1.82. The molecule has 0 saturated carbocycles. The van der Waals surface area contributed by atoms with Crippen LogP contribution in [0, 0.1) is 12.7 Å². The van der Waals surface area contributed by atoms with Gasteiger partial charge in [-0.1, -0.05) is 6.58 Å². The summed E-state index contributed by atoms with van der Waals surface area (Å²) in [6.45, 7) is 6.90. The monoisotopic (exact) mass is 178 g/mol. The Balaban J connectivity index is 3.16. The van der Waals surface area contributed by atoms with Gasteiger partial charge >= 0.3 is 0 Å². The van der Waals surface area contributed by atoms with Gasteiger partial charge in [-0.05, 0) is 43.2 Å². The topological polar surface area (TPSA) is 17.1 Å². The predicted molar refractivity (Wildman–Crippen MR) is 50.3 cm³/mol. The van der Waals surface area contributed by atoms with Crippen LogP contribution < -0.4 is 0 Å². The van der Waals surface area contributed by atoms with E-state index in [0.717, 1.165) is 0 Å². The lowest BCUT2D eigenvalue weighted by atomic mass is 10.0. The van der Waals surface area contributed by atoms with Crippen LogP contribution in [0.25, 0.3) is 0 Å². The summed E-state index contributed by atoms with van der Waals surface area (Å²) in [4.78, 5) is 11.5. The van der Waals surface area contributed by atoms with E-state index < -0.39 is 0 Å². The molecule has 0 heterocycles. The van der Waals surface area contributed by atoms with Crippen LogP contribution in [0.1, 0.15) is 22.8 Å². The molecule has 2 heteroatoms. The van der Waals surface area contributed by atoms with Crippen molar-refractivity contribution in [2.75, 3.05) is 0 Å². The Labute approximate surface area is 76.9 Å². The highest BCUT2D eigenvalue weighted by Crippen LogP contribution is 2.13. The first-order valence-electron chi connectivity index (χ1n) is 3.98. The van der Waals surface area contributed by atoms with E-state index in [9.17, 15) is 9.18 Å². The summed E-state index contributed by atoms with van der Waals surface area (Å²) in [6.07, 6.45) is 0. The van der Waals surface area contributed by atoms with Gasteiger partial charge in [0, 0.05) is 5.56 Å². The summed E-state index contributed by atoms with van der Waals surface area (Å²) < 4.78 is 12.7. The van der Waals surface area contributed by atoms with Crippen molar-refractivity contribution in [1.82, 2.24) is 0 Å². The number of Topliss-reactive ketones (excluding diaryl/α,β-unsaturated/α-hetero) is 1. The standard InChI is InChI=1S/C11H11FO/c1-7(2)11(13)10-5-4-9(12)6-8(10)3/h4-6H,1H2,2-3H3. The van der Waals surface area contributed by atoms with Gasteiger partial charge in [-0.15, -0.1) is 0 Å². The van der Waals surface area contributed by atoms with E-state index in [1.807, 2.05) is 0 Å². The Morgan fingerprint density at radius 1 is 1.46 bits per heavy atom. The van der Waals surface area contributed by atoms with Gasteiger partial charge in [-0.2, -0.15) is 0 Å². The maximum atomic E-state index is 12.7. The molecule has 0 atom stereocenters. The summed E-state index contributed by atoms with van der Waals surface area (Å²) in [5.41, 5.74) is 1.64. The largest absolute Gasteiger partial charge is 0.289 e. The average molecular weight is 178 g/mol. The highest BCUT2D eigenvalue weighted by Gasteiger charge is 2.09. The molecule has 0 aromatic heterocycles. The minimum Gasteiger partial charge on any atom is -0.289 e. The molecule has 0 spiro atoms. The summed E-state index contributed by atoms with van der Waals surface area (Å²) in [5.74, 6) is -0.451. The van der Waals surface area contributed by atoms with E-state index in [2.05, 4.69) is 6.58 Å². The Hall–Kier alpha value is -1.44. The quantitative estimate of drug-likeness (QED) is 0.502. The molecule has 68 valence electrons. The predicted octanol–water partition coefficient (Wildman–Crippen LogP) is 2.89. The number of carbonyl (C=O) groups excluding carboxylic acids is 1. The van der Waals surface area contributed by atoms with Gasteiger partial charge in [0.2, 0.25) is 0 Å². The van der Waals surface area contributed by atoms with Crippen LogP contribution in [0.15, 0.2) is 30.4 Å². The van der Waals surface area contributed by atoms with Crippen LogP contribution in [0.3, 0.4) is 0 Å². The minimum absolute atomic E-state index is 0.127. The molecule has 0 aliphatic carbocycles. The van der Waals surface area contributed by atoms with Crippen molar-refractivity contribution >= 4 is 5.78 Å². The van der Waals surface area contributed by atoms with Crippen molar-refractivity contribution < 1.29 is 9.18 Å². The third-order valence-electron chi connectivity index (χ3n) is 1.82. The van der Waals surface area contributed by atoms with E-state index in [1.54, 1.807) is 13.8 Å². The molecule has 1 nitrogen and oxygen atoms in total. The SMILES string of the molecule is C=C(C)C(=O)c1ccc(F)cc1C. The zero-order valence-corrected chi connectivity index (χ0v) is 7.73. The van der Waals surface area contributed by atoms with Crippen LogP contribution in [0.2, 0.25) is 0 Å². The van der Waals surface area contributed by atoms with Crippen molar-refractivity contribution in [2.45, 2.75) is 13.8 Å². The molecule has 0 aliphatic rings. The van der Waals surface area contributed by atoms with Crippen molar-refractivity contribution in [3.8, 4) is 0 Å². The second-order valence-corrected chi connectivity index (χ2v) is 3.07. The first kappa shape index (κ1) is 9.65. The van der Waals surface area contributed by atoms with Gasteiger partial charge in [-0.3, -0.25) is 4.79 Å². The fraction of sp³-hybridized carbons (Fsp3) is 0.182. The fourth-order valence-electron chi connectivity index (χ4n) is 1.11. The van der Waals surface area contributed by atoms with Crippen molar-refractivity contribution in [3.63, 3.8) is 0 Å². The molecule has 0 bridgehead atoms. The highest BCUT2D eigenvalue weighted by atomic mass is 19.1. The van der Waals surface area contributed by atoms with E-state index in [1.165, 1.54) is 18.2 Å². The number of halogens is 1. The number of ketones is 1. The van der Waals surface area contributed by atoms with Gasteiger partial charge in [0.25, 0.3) is 0 Å². The second kappa shape index (κ2) is 3.52. The Bertz CT molecular complexity index is 366. The zero-order chi connectivity index (χ0) is 10.0. The molecule has 0 fully saturated rings. The summed E-state index contributed by atoms with van der Waals surface area (Å²) >= 11 is 0. The maximum Gasteiger partial charge on any atom is 0.188 e. The molecule has 0 aliphatic heterocycles. The van der Waals surface area contributed by atoms with Gasteiger partial charge in [-0.25, -0.2) is 4.39 Å². The normalized spacial score (nSPS) is 9.77. The Morgan fingerprint density at radius 3 is 2.54 bits per heavy atom. The average Bonchev–Trinajstić information content (AvgIpc) is 2.03. The van der Waals surface area contributed by atoms with Crippen LogP contribution in [-0.4, -0.2) is 5.78 Å². The first-order valence-corrected chi connectivity index (χ1v) is 3.98. The second-order valence-electron chi connectivity index (χ2n) is 3.07. The molecule has 0 amide bonds. The number of hydrogen-bond acceptors (Lipinski definition) is 1. The summed E-state index contributed by atoms with van der Waals surface area (Å²) in [5, 5.41) is 0. The first-order chi connectivity index (χ1) is 6.02. The van der Waals surface area contributed by atoms with Crippen LogP contribution in [0.4, 0.5) is 4.39 Å². The maximum absolute atomic E-state index is 12.7. The van der Waals surface area contributed by atoms with Gasteiger partial charge in [0.15, 0.2) is 5.78 Å². The van der Waals surface area contributed by atoms with E-state index in [-0.39, 0.29) is 11.6 Å². The number of hydrogen-bond donors (Lipinski definition) is 0. The smallest absolute Gasteiger partial charge is 0.188 e. The molecule has 13 heavy (non-hydrogen) atoms. The van der Waals surface area contributed by atoms with E-state index >= 15 is 0 Å².